The van der Waals surface area contributed by atoms with Crippen molar-refractivity contribution in [3.05, 3.63) is 59.2 Å². The monoisotopic (exact) mass is 415 g/mol. The first-order chi connectivity index (χ1) is 13.7. The summed E-state index contributed by atoms with van der Waals surface area (Å²) in [6.45, 7) is 2.30. The number of amides is 3. The number of hydrogen-bond donors (Lipinski definition) is 2. The summed E-state index contributed by atoms with van der Waals surface area (Å²) in [6, 6.07) is 10.2. The van der Waals surface area contributed by atoms with E-state index in [2.05, 4.69) is 10.0 Å². The fraction of sp³-hybridized carbons (Fsp3) is 0.250. The molecule has 0 atom stereocenters. The Bertz CT molecular complexity index is 1100. The quantitative estimate of drug-likeness (QED) is 0.532. The van der Waals surface area contributed by atoms with Crippen LogP contribution in [0.5, 0.6) is 0 Å². The van der Waals surface area contributed by atoms with Crippen LogP contribution in [0.2, 0.25) is 0 Å². The molecule has 1 heterocycles. The van der Waals surface area contributed by atoms with Gasteiger partial charge in [-0.2, -0.15) is 0 Å². The van der Waals surface area contributed by atoms with Crippen LogP contribution in [-0.2, 0) is 10.0 Å². The number of unbranched alkanes of at least 4 members (excludes halogenated alkanes) is 1. The van der Waals surface area contributed by atoms with Gasteiger partial charge in [0.25, 0.3) is 17.7 Å². The number of sulfonamides is 1. The lowest BCUT2D eigenvalue weighted by Gasteiger charge is -2.10. The van der Waals surface area contributed by atoms with E-state index in [1.54, 1.807) is 6.07 Å². The van der Waals surface area contributed by atoms with Crippen molar-refractivity contribution < 1.29 is 22.8 Å². The largest absolute Gasteiger partial charge is 0.322 e. The predicted octanol–water partition coefficient (Wildman–Crippen LogP) is 2.24. The number of rotatable bonds is 7. The molecule has 1 aliphatic rings. The number of hydrogen-bond acceptors (Lipinski definition) is 5. The van der Waals surface area contributed by atoms with Gasteiger partial charge in [-0.05, 0) is 42.8 Å². The first-order valence-electron chi connectivity index (χ1n) is 9.12. The van der Waals surface area contributed by atoms with Gasteiger partial charge < -0.3 is 5.32 Å². The van der Waals surface area contributed by atoms with Gasteiger partial charge in [0.2, 0.25) is 10.0 Å². The van der Waals surface area contributed by atoms with Crippen molar-refractivity contribution in [1.29, 1.82) is 0 Å². The van der Waals surface area contributed by atoms with Crippen LogP contribution in [0.25, 0.3) is 0 Å². The number of benzene rings is 2. The molecule has 0 saturated heterocycles. The van der Waals surface area contributed by atoms with Crippen molar-refractivity contribution in [2.75, 3.05) is 18.9 Å². The van der Waals surface area contributed by atoms with Crippen LogP contribution in [-0.4, -0.2) is 44.6 Å². The van der Waals surface area contributed by atoms with Crippen LogP contribution in [0.3, 0.4) is 0 Å². The molecule has 3 amide bonds. The van der Waals surface area contributed by atoms with E-state index < -0.39 is 27.7 Å². The molecule has 0 unspecified atom stereocenters. The van der Waals surface area contributed by atoms with Crippen LogP contribution in [0, 0.1) is 0 Å². The van der Waals surface area contributed by atoms with E-state index in [-0.39, 0.29) is 21.6 Å². The van der Waals surface area contributed by atoms with Gasteiger partial charge in [-0.1, -0.05) is 19.4 Å². The molecule has 0 aromatic heterocycles. The molecule has 0 bridgehead atoms. The molecule has 0 aliphatic carbocycles. The maximum atomic E-state index is 12.6. The SMILES string of the molecule is CCCCNS(=O)(=O)c1cccc(NC(=O)c2ccc3c(c2)C(=O)N(C)C3=O)c1. The van der Waals surface area contributed by atoms with E-state index in [1.165, 1.54) is 43.4 Å². The summed E-state index contributed by atoms with van der Waals surface area (Å²) in [5, 5.41) is 2.63. The second-order valence-corrected chi connectivity index (χ2v) is 8.43. The Labute approximate surface area is 169 Å². The summed E-state index contributed by atoms with van der Waals surface area (Å²) < 4.78 is 27.2. The first kappa shape index (κ1) is 20.7. The molecule has 9 heteroatoms. The van der Waals surface area contributed by atoms with Gasteiger partial charge in [0, 0.05) is 24.8 Å². The summed E-state index contributed by atoms with van der Waals surface area (Å²) in [6.07, 6.45) is 1.59. The van der Waals surface area contributed by atoms with Gasteiger partial charge >= 0.3 is 0 Å². The summed E-state index contributed by atoms with van der Waals surface area (Å²) in [7, 11) is -2.29. The standard InChI is InChI=1S/C20H21N3O5S/c1-3-4-10-21-29(27,28)15-7-5-6-14(12-15)22-18(24)13-8-9-16-17(11-13)20(26)23(2)19(16)25/h5-9,11-12,21H,3-4,10H2,1-2H3,(H,22,24). The van der Waals surface area contributed by atoms with Crippen molar-refractivity contribution in [3.8, 4) is 0 Å². The van der Waals surface area contributed by atoms with Gasteiger partial charge in [-0.15, -0.1) is 0 Å². The molecule has 2 aromatic carbocycles. The van der Waals surface area contributed by atoms with Crippen molar-refractivity contribution in [2.24, 2.45) is 0 Å². The molecule has 1 aliphatic heterocycles. The number of carbonyl (C=O) groups is 3. The highest BCUT2D eigenvalue weighted by molar-refractivity contribution is 7.89. The molecular weight excluding hydrogens is 394 g/mol. The van der Waals surface area contributed by atoms with Crippen LogP contribution in [0.4, 0.5) is 5.69 Å². The second-order valence-electron chi connectivity index (χ2n) is 6.66. The molecule has 152 valence electrons. The fourth-order valence-electron chi connectivity index (χ4n) is 2.91. The van der Waals surface area contributed by atoms with E-state index in [9.17, 15) is 22.8 Å². The number of carbonyl (C=O) groups excluding carboxylic acids is 3. The normalized spacial score (nSPS) is 13.5. The molecule has 0 radical (unpaired) electrons. The van der Waals surface area contributed by atoms with Gasteiger partial charge in [0.05, 0.1) is 16.0 Å². The van der Waals surface area contributed by atoms with Crippen LogP contribution >= 0.6 is 0 Å². The van der Waals surface area contributed by atoms with Crippen LogP contribution in [0.15, 0.2) is 47.4 Å². The maximum Gasteiger partial charge on any atom is 0.261 e. The average molecular weight is 415 g/mol. The number of imide groups is 1. The Kier molecular flexibility index (Phi) is 5.81. The minimum atomic E-state index is -3.67. The number of fused-ring (bicyclic) bond motifs is 1. The van der Waals surface area contributed by atoms with E-state index in [0.29, 0.717) is 12.2 Å². The number of nitrogens with zero attached hydrogens (tertiary/aromatic N) is 1. The highest BCUT2D eigenvalue weighted by Crippen LogP contribution is 2.23. The van der Waals surface area contributed by atoms with Crippen molar-refractivity contribution >= 4 is 33.4 Å². The van der Waals surface area contributed by atoms with E-state index in [1.807, 2.05) is 6.92 Å². The Morgan fingerprint density at radius 3 is 2.48 bits per heavy atom. The molecular formula is C20H21N3O5S. The summed E-state index contributed by atoms with van der Waals surface area (Å²) in [5.41, 5.74) is 0.907. The zero-order valence-electron chi connectivity index (χ0n) is 16.1. The highest BCUT2D eigenvalue weighted by Gasteiger charge is 2.33. The lowest BCUT2D eigenvalue weighted by atomic mass is 10.1. The minimum absolute atomic E-state index is 0.0442. The number of nitrogens with one attached hydrogen (secondary N) is 2. The lowest BCUT2D eigenvalue weighted by Crippen LogP contribution is -2.24. The zero-order chi connectivity index (χ0) is 21.2. The van der Waals surface area contributed by atoms with Gasteiger partial charge in [-0.3, -0.25) is 19.3 Å². The third-order valence-corrected chi connectivity index (χ3v) is 6.04. The average Bonchev–Trinajstić information content (AvgIpc) is 2.92. The van der Waals surface area contributed by atoms with Crippen LogP contribution < -0.4 is 10.0 Å². The van der Waals surface area contributed by atoms with Crippen molar-refractivity contribution in [3.63, 3.8) is 0 Å². The third kappa shape index (κ3) is 4.20. The molecule has 29 heavy (non-hydrogen) atoms. The molecule has 0 spiro atoms. The van der Waals surface area contributed by atoms with Gasteiger partial charge in [0.1, 0.15) is 0 Å². The summed E-state index contributed by atoms with van der Waals surface area (Å²) in [4.78, 5) is 37.7. The Balaban J connectivity index is 1.79. The van der Waals surface area contributed by atoms with E-state index in [4.69, 9.17) is 0 Å². The highest BCUT2D eigenvalue weighted by atomic mass is 32.2. The van der Waals surface area contributed by atoms with E-state index in [0.717, 1.165) is 17.7 Å². The Morgan fingerprint density at radius 1 is 1.03 bits per heavy atom. The summed E-state index contributed by atoms with van der Waals surface area (Å²) in [5.74, 6) is -1.40. The molecule has 0 saturated carbocycles. The third-order valence-electron chi connectivity index (χ3n) is 4.58. The van der Waals surface area contributed by atoms with Crippen LogP contribution in [0.1, 0.15) is 50.8 Å². The number of anilines is 1. The molecule has 2 aromatic rings. The Morgan fingerprint density at radius 2 is 1.76 bits per heavy atom. The van der Waals surface area contributed by atoms with E-state index >= 15 is 0 Å². The van der Waals surface area contributed by atoms with Crippen molar-refractivity contribution in [2.45, 2.75) is 24.7 Å². The zero-order valence-corrected chi connectivity index (χ0v) is 16.9. The van der Waals surface area contributed by atoms with Gasteiger partial charge in [-0.25, -0.2) is 13.1 Å². The maximum absolute atomic E-state index is 12.6. The molecule has 3 rings (SSSR count). The van der Waals surface area contributed by atoms with Gasteiger partial charge in [0.15, 0.2) is 0 Å². The molecule has 8 nitrogen and oxygen atoms in total. The molecule has 2 N–H and O–H groups in total. The first-order valence-corrected chi connectivity index (χ1v) is 10.6. The Hall–Kier alpha value is -3.04. The van der Waals surface area contributed by atoms with Crippen molar-refractivity contribution in [1.82, 2.24) is 9.62 Å². The topological polar surface area (TPSA) is 113 Å². The smallest absolute Gasteiger partial charge is 0.261 e. The fourth-order valence-corrected chi connectivity index (χ4v) is 4.03. The predicted molar refractivity (Wildman–Crippen MR) is 107 cm³/mol. The second kappa shape index (κ2) is 8.14. The lowest BCUT2D eigenvalue weighted by molar-refractivity contribution is 0.0693. The summed E-state index contributed by atoms with van der Waals surface area (Å²) >= 11 is 0. The minimum Gasteiger partial charge on any atom is -0.322 e. The molecule has 0 fully saturated rings.